The van der Waals surface area contributed by atoms with E-state index in [1.54, 1.807) is 20.0 Å². The fourth-order valence-corrected chi connectivity index (χ4v) is 4.12. The highest BCUT2D eigenvalue weighted by atomic mass is 16.5. The smallest absolute Gasteiger partial charge is 0.310 e. The van der Waals surface area contributed by atoms with E-state index in [1.165, 1.54) is 44.1 Å². The van der Waals surface area contributed by atoms with Gasteiger partial charge >= 0.3 is 5.97 Å². The Morgan fingerprint density at radius 3 is 2.57 bits per heavy atom. The van der Waals surface area contributed by atoms with Crippen molar-refractivity contribution in [1.29, 1.82) is 5.26 Å². The Hall–Kier alpha value is -2.55. The lowest BCUT2D eigenvalue weighted by Gasteiger charge is -2.26. The lowest BCUT2D eigenvalue weighted by Crippen LogP contribution is -2.34. The van der Waals surface area contributed by atoms with Crippen LogP contribution in [0.4, 0.5) is 0 Å². The van der Waals surface area contributed by atoms with Crippen molar-refractivity contribution in [2.24, 2.45) is 5.92 Å². The number of carbonyl (C=O) groups excluding carboxylic acids is 2. The number of likely N-dealkylation sites (N-methyl/N-ethyl adjacent to an activating group) is 1. The largest absolute Gasteiger partial charge is 0.469 e. The summed E-state index contributed by atoms with van der Waals surface area (Å²) in [7, 11) is 2.92. The van der Waals surface area contributed by atoms with Crippen molar-refractivity contribution in [1.82, 2.24) is 9.47 Å². The van der Waals surface area contributed by atoms with Crippen LogP contribution in [0.3, 0.4) is 0 Å². The molecule has 0 bridgehead atoms. The molecule has 1 fully saturated rings. The summed E-state index contributed by atoms with van der Waals surface area (Å²) in [5.74, 6) is -1.21. The van der Waals surface area contributed by atoms with E-state index in [9.17, 15) is 14.9 Å². The Morgan fingerprint density at radius 1 is 1.36 bits per heavy atom. The lowest BCUT2D eigenvalue weighted by atomic mass is 9.95. The predicted molar refractivity (Wildman–Crippen MR) is 108 cm³/mol. The quantitative estimate of drug-likeness (QED) is 0.424. The second-order valence-electron chi connectivity index (χ2n) is 7.77. The van der Waals surface area contributed by atoms with Gasteiger partial charge in [0, 0.05) is 31.0 Å². The zero-order chi connectivity index (χ0) is 20.8. The molecule has 0 aromatic carbocycles. The normalized spacial score (nSPS) is 16.4. The summed E-state index contributed by atoms with van der Waals surface area (Å²) >= 11 is 0. The first-order valence-electron chi connectivity index (χ1n) is 9.93. The van der Waals surface area contributed by atoms with Gasteiger partial charge in [0.15, 0.2) is 0 Å². The first kappa shape index (κ1) is 21.7. The molecule has 1 unspecified atom stereocenters. The number of nitriles is 1. The Bertz CT molecular complexity index is 795. The monoisotopic (exact) mass is 385 g/mol. The van der Waals surface area contributed by atoms with Gasteiger partial charge in [0.1, 0.15) is 11.6 Å². The highest BCUT2D eigenvalue weighted by Crippen LogP contribution is 2.32. The van der Waals surface area contributed by atoms with Crippen molar-refractivity contribution < 1.29 is 14.3 Å². The number of aromatic nitrogens is 1. The van der Waals surface area contributed by atoms with E-state index in [2.05, 4.69) is 18.4 Å². The van der Waals surface area contributed by atoms with Gasteiger partial charge in [-0.2, -0.15) is 5.26 Å². The first-order valence-corrected chi connectivity index (χ1v) is 9.93. The van der Waals surface area contributed by atoms with Gasteiger partial charge in [-0.15, -0.1) is 0 Å². The van der Waals surface area contributed by atoms with Gasteiger partial charge in [-0.3, -0.25) is 9.59 Å². The molecule has 1 saturated carbocycles. The van der Waals surface area contributed by atoms with Crippen LogP contribution in [0, 0.1) is 31.1 Å². The molecule has 1 aromatic rings. The molecule has 1 aromatic heterocycles. The summed E-state index contributed by atoms with van der Waals surface area (Å²) in [6.07, 6.45) is 7.82. The zero-order valence-electron chi connectivity index (χ0n) is 17.6. The van der Waals surface area contributed by atoms with E-state index in [4.69, 9.17) is 4.74 Å². The van der Waals surface area contributed by atoms with Crippen molar-refractivity contribution in [2.45, 2.75) is 58.9 Å². The molecule has 0 spiro atoms. The van der Waals surface area contributed by atoms with Crippen molar-refractivity contribution in [3.05, 3.63) is 28.6 Å². The van der Waals surface area contributed by atoms with Gasteiger partial charge in [-0.1, -0.05) is 26.2 Å². The van der Waals surface area contributed by atoms with Gasteiger partial charge in [0.05, 0.1) is 13.0 Å². The zero-order valence-corrected chi connectivity index (χ0v) is 17.6. The topological polar surface area (TPSA) is 75.3 Å². The SMILES string of the molecule is COC(=O)C(C)CN(C)C(=O)/C(C#N)=C/c1cc(C)n(C2CCCCC2)c1C. The van der Waals surface area contributed by atoms with Gasteiger partial charge in [-0.05, 0) is 44.4 Å². The fraction of sp³-hybridized carbons (Fsp3) is 0.591. The molecule has 1 aliphatic rings. The van der Waals surface area contributed by atoms with Crippen LogP contribution in [0.1, 0.15) is 62.0 Å². The first-order chi connectivity index (χ1) is 13.3. The minimum Gasteiger partial charge on any atom is -0.469 e. The molecule has 6 nitrogen and oxygen atoms in total. The highest BCUT2D eigenvalue weighted by molar-refractivity contribution is 6.01. The van der Waals surface area contributed by atoms with Crippen LogP contribution in [0.15, 0.2) is 11.6 Å². The van der Waals surface area contributed by atoms with Gasteiger partial charge < -0.3 is 14.2 Å². The summed E-state index contributed by atoms with van der Waals surface area (Å²) in [5.41, 5.74) is 3.23. The number of aryl methyl sites for hydroxylation is 1. The summed E-state index contributed by atoms with van der Waals surface area (Å²) < 4.78 is 7.06. The molecule has 0 radical (unpaired) electrons. The third-order valence-electron chi connectivity index (χ3n) is 5.61. The average molecular weight is 386 g/mol. The maximum absolute atomic E-state index is 12.7. The number of hydrogen-bond acceptors (Lipinski definition) is 4. The van der Waals surface area contributed by atoms with E-state index in [0.717, 1.165) is 17.0 Å². The van der Waals surface area contributed by atoms with E-state index in [-0.39, 0.29) is 24.0 Å². The van der Waals surface area contributed by atoms with E-state index in [1.807, 2.05) is 12.1 Å². The number of nitrogens with zero attached hydrogens (tertiary/aromatic N) is 3. The number of ether oxygens (including phenoxy) is 1. The summed E-state index contributed by atoms with van der Waals surface area (Å²) in [6, 6.07) is 4.58. The summed E-state index contributed by atoms with van der Waals surface area (Å²) in [4.78, 5) is 25.7. The van der Waals surface area contributed by atoms with Gasteiger partial charge in [-0.25, -0.2) is 0 Å². The highest BCUT2D eigenvalue weighted by Gasteiger charge is 2.23. The number of rotatable bonds is 6. The van der Waals surface area contributed by atoms with Crippen molar-refractivity contribution in [3.8, 4) is 6.07 Å². The molecule has 6 heteroatoms. The second kappa shape index (κ2) is 9.59. The van der Waals surface area contributed by atoms with Crippen molar-refractivity contribution in [2.75, 3.05) is 20.7 Å². The number of esters is 1. The molecule has 0 saturated heterocycles. The minimum atomic E-state index is -0.449. The maximum Gasteiger partial charge on any atom is 0.310 e. The molecule has 1 heterocycles. The molecule has 1 aliphatic carbocycles. The molecule has 0 aliphatic heterocycles. The standard InChI is InChI=1S/C22H31N3O3/c1-15(22(27)28-5)14-24(4)21(26)19(13-23)12-18-11-16(2)25(17(18)3)20-9-7-6-8-10-20/h11-12,15,20H,6-10,14H2,1-5H3/b19-12+. The Morgan fingerprint density at radius 2 is 2.00 bits per heavy atom. The number of methoxy groups -OCH3 is 1. The third-order valence-corrected chi connectivity index (χ3v) is 5.61. The molecular weight excluding hydrogens is 354 g/mol. The van der Waals surface area contributed by atoms with Crippen molar-refractivity contribution in [3.63, 3.8) is 0 Å². The third kappa shape index (κ3) is 4.83. The minimum absolute atomic E-state index is 0.0726. The molecule has 1 amide bonds. The molecule has 0 N–H and O–H groups in total. The average Bonchev–Trinajstić information content (AvgIpc) is 2.98. The number of carbonyl (C=O) groups is 2. The van der Waals surface area contributed by atoms with Crippen LogP contribution in [0.2, 0.25) is 0 Å². The Balaban J connectivity index is 2.23. The van der Waals surface area contributed by atoms with Crippen LogP contribution < -0.4 is 0 Å². The number of amides is 1. The molecule has 1 atom stereocenters. The molecule has 152 valence electrons. The molecule has 2 rings (SSSR count). The van der Waals surface area contributed by atoms with Crippen LogP contribution >= 0.6 is 0 Å². The number of hydrogen-bond donors (Lipinski definition) is 0. The van der Waals surface area contributed by atoms with Gasteiger partial charge in [0.25, 0.3) is 5.91 Å². The van der Waals surface area contributed by atoms with Crippen molar-refractivity contribution >= 4 is 18.0 Å². The fourth-order valence-electron chi connectivity index (χ4n) is 4.12. The predicted octanol–water partition coefficient (Wildman–Crippen LogP) is 3.78. The second-order valence-corrected chi connectivity index (χ2v) is 7.77. The van der Waals surface area contributed by atoms with Gasteiger partial charge in [0.2, 0.25) is 0 Å². The Kier molecular flexibility index (Phi) is 7.45. The lowest BCUT2D eigenvalue weighted by molar-refractivity contribution is -0.145. The maximum atomic E-state index is 12.7. The van der Waals surface area contributed by atoms with Crippen LogP contribution in [-0.2, 0) is 14.3 Å². The van der Waals surface area contributed by atoms with Crippen LogP contribution in [-0.4, -0.2) is 42.0 Å². The molecular formula is C22H31N3O3. The summed E-state index contributed by atoms with van der Waals surface area (Å²) in [6.45, 7) is 6.03. The van der Waals surface area contributed by atoms with Crippen LogP contribution in [0.25, 0.3) is 6.08 Å². The van der Waals surface area contributed by atoms with E-state index < -0.39 is 5.92 Å². The van der Waals surface area contributed by atoms with E-state index >= 15 is 0 Å². The Labute approximate surface area is 167 Å². The summed E-state index contributed by atoms with van der Waals surface area (Å²) in [5, 5.41) is 9.55. The van der Waals surface area contributed by atoms with E-state index in [0.29, 0.717) is 6.04 Å². The molecule has 28 heavy (non-hydrogen) atoms. The van der Waals surface area contributed by atoms with Crippen LogP contribution in [0.5, 0.6) is 0 Å².